The minimum atomic E-state index is -0.329. The Labute approximate surface area is 137 Å². The number of pyridine rings is 1. The van der Waals surface area contributed by atoms with Gasteiger partial charge in [-0.3, -0.25) is 9.69 Å². The zero-order valence-corrected chi connectivity index (χ0v) is 13.3. The molecule has 3 rings (SSSR count). The van der Waals surface area contributed by atoms with Gasteiger partial charge in [-0.15, -0.1) is 0 Å². The highest BCUT2D eigenvalue weighted by Crippen LogP contribution is 2.33. The Morgan fingerprint density at radius 2 is 2.17 bits per heavy atom. The van der Waals surface area contributed by atoms with Crippen molar-refractivity contribution >= 4 is 34.7 Å². The number of amidine groups is 1. The lowest BCUT2D eigenvalue weighted by Crippen LogP contribution is -2.28. The summed E-state index contributed by atoms with van der Waals surface area (Å²) in [6, 6.07) is 11.6. The molecule has 0 unspecified atom stereocenters. The highest BCUT2D eigenvalue weighted by Gasteiger charge is 2.32. The van der Waals surface area contributed by atoms with Crippen LogP contribution in [0.5, 0.6) is 0 Å². The molecule has 1 aliphatic heterocycles. The summed E-state index contributed by atoms with van der Waals surface area (Å²) >= 11 is 1.27. The van der Waals surface area contributed by atoms with E-state index in [9.17, 15) is 9.18 Å². The van der Waals surface area contributed by atoms with Crippen molar-refractivity contribution in [3.8, 4) is 0 Å². The molecule has 0 atom stereocenters. The van der Waals surface area contributed by atoms with Crippen molar-refractivity contribution in [2.24, 2.45) is 4.99 Å². The summed E-state index contributed by atoms with van der Waals surface area (Å²) in [6.07, 6.45) is 3.33. The third-order valence-corrected chi connectivity index (χ3v) is 4.22. The number of halogens is 1. The fraction of sp³-hybridized carbons (Fsp3) is 0.118. The second kappa shape index (κ2) is 6.75. The molecule has 6 heteroatoms. The van der Waals surface area contributed by atoms with Gasteiger partial charge in [-0.2, -0.15) is 0 Å². The molecule has 0 spiro atoms. The highest BCUT2D eigenvalue weighted by atomic mass is 32.2. The molecule has 0 saturated carbocycles. The lowest BCUT2D eigenvalue weighted by molar-refractivity contribution is -0.122. The van der Waals surface area contributed by atoms with Gasteiger partial charge in [0.1, 0.15) is 5.82 Å². The average Bonchev–Trinajstić information content (AvgIpc) is 2.83. The number of benzene rings is 1. The number of thioether (sulfide) groups is 1. The van der Waals surface area contributed by atoms with Gasteiger partial charge in [-0.05, 0) is 54.6 Å². The summed E-state index contributed by atoms with van der Waals surface area (Å²) in [4.78, 5) is 23.2. The SMILES string of the molecule is CCN1C(=O)/C(=C/c2cccc(F)c2)S/C1=N/c1ccccn1. The van der Waals surface area contributed by atoms with Gasteiger partial charge in [0.05, 0.1) is 4.91 Å². The summed E-state index contributed by atoms with van der Waals surface area (Å²) in [7, 11) is 0. The first-order valence-corrected chi connectivity index (χ1v) is 7.95. The Kier molecular flexibility index (Phi) is 4.52. The van der Waals surface area contributed by atoms with Crippen LogP contribution in [0.25, 0.3) is 6.08 Å². The number of carbonyl (C=O) groups excluding carboxylic acids is 1. The van der Waals surface area contributed by atoms with Crippen molar-refractivity contribution in [3.05, 3.63) is 64.9 Å². The Morgan fingerprint density at radius 1 is 1.30 bits per heavy atom. The van der Waals surface area contributed by atoms with E-state index in [1.165, 1.54) is 23.9 Å². The molecule has 116 valence electrons. The second-order valence-electron chi connectivity index (χ2n) is 4.80. The van der Waals surface area contributed by atoms with E-state index in [0.717, 1.165) is 0 Å². The lowest BCUT2D eigenvalue weighted by atomic mass is 10.2. The fourth-order valence-corrected chi connectivity index (χ4v) is 3.19. The first-order valence-electron chi connectivity index (χ1n) is 7.14. The van der Waals surface area contributed by atoms with Crippen LogP contribution in [0.1, 0.15) is 12.5 Å². The summed E-state index contributed by atoms with van der Waals surface area (Å²) in [5.41, 5.74) is 0.649. The van der Waals surface area contributed by atoms with Crippen LogP contribution in [-0.4, -0.2) is 27.5 Å². The maximum atomic E-state index is 13.3. The maximum Gasteiger partial charge on any atom is 0.266 e. The van der Waals surface area contributed by atoms with E-state index in [4.69, 9.17) is 0 Å². The first-order chi connectivity index (χ1) is 11.2. The molecule has 0 aliphatic carbocycles. The molecule has 2 aromatic rings. The number of carbonyl (C=O) groups is 1. The average molecular weight is 327 g/mol. The third-order valence-electron chi connectivity index (χ3n) is 3.21. The van der Waals surface area contributed by atoms with E-state index in [1.807, 2.05) is 19.1 Å². The zero-order chi connectivity index (χ0) is 16.2. The van der Waals surface area contributed by atoms with Gasteiger partial charge >= 0.3 is 0 Å². The van der Waals surface area contributed by atoms with Gasteiger partial charge in [0, 0.05) is 12.7 Å². The topological polar surface area (TPSA) is 45.6 Å². The molecule has 0 radical (unpaired) electrons. The predicted octanol–water partition coefficient (Wildman–Crippen LogP) is 3.84. The number of nitrogens with zero attached hydrogens (tertiary/aromatic N) is 3. The molecule has 23 heavy (non-hydrogen) atoms. The Balaban J connectivity index is 1.93. The van der Waals surface area contributed by atoms with Gasteiger partial charge in [0.25, 0.3) is 5.91 Å². The summed E-state index contributed by atoms with van der Waals surface area (Å²) < 4.78 is 13.3. The standard InChI is InChI=1S/C17H14FN3OS/c1-2-21-16(22)14(11-12-6-5-7-13(18)10-12)23-17(21)20-15-8-3-4-9-19-15/h3-11H,2H2,1H3/b14-11-,20-17+. The van der Waals surface area contributed by atoms with Crippen LogP contribution >= 0.6 is 11.8 Å². The summed E-state index contributed by atoms with van der Waals surface area (Å²) in [5.74, 6) is 0.0919. The van der Waals surface area contributed by atoms with E-state index in [0.29, 0.717) is 28.0 Å². The molecular formula is C17H14FN3OS. The van der Waals surface area contributed by atoms with E-state index in [1.54, 1.807) is 35.4 Å². The molecular weight excluding hydrogens is 313 g/mol. The number of aromatic nitrogens is 1. The van der Waals surface area contributed by atoms with Crippen molar-refractivity contribution in [2.75, 3.05) is 6.54 Å². The quantitative estimate of drug-likeness (QED) is 0.805. The largest absolute Gasteiger partial charge is 0.287 e. The van der Waals surface area contributed by atoms with Crippen LogP contribution in [0.4, 0.5) is 10.2 Å². The van der Waals surface area contributed by atoms with Crippen molar-refractivity contribution in [2.45, 2.75) is 6.92 Å². The van der Waals surface area contributed by atoms with Gasteiger partial charge in [0.15, 0.2) is 11.0 Å². The molecule has 2 heterocycles. The highest BCUT2D eigenvalue weighted by molar-refractivity contribution is 8.18. The Bertz CT molecular complexity index is 789. The lowest BCUT2D eigenvalue weighted by Gasteiger charge is -2.11. The van der Waals surface area contributed by atoms with Crippen LogP contribution in [0, 0.1) is 5.82 Å². The summed E-state index contributed by atoms with van der Waals surface area (Å²) in [6.45, 7) is 2.40. The van der Waals surface area contributed by atoms with Crippen molar-refractivity contribution < 1.29 is 9.18 Å². The molecule has 0 N–H and O–H groups in total. The normalized spacial score (nSPS) is 18.2. The Morgan fingerprint density at radius 3 is 2.87 bits per heavy atom. The number of hydrogen-bond acceptors (Lipinski definition) is 4. The van der Waals surface area contributed by atoms with Crippen LogP contribution in [0.2, 0.25) is 0 Å². The number of hydrogen-bond donors (Lipinski definition) is 0. The number of rotatable bonds is 3. The smallest absolute Gasteiger partial charge is 0.266 e. The minimum absolute atomic E-state index is 0.128. The molecule has 1 aliphatic rings. The summed E-state index contributed by atoms with van der Waals surface area (Å²) in [5, 5.41) is 0.582. The van der Waals surface area contributed by atoms with Crippen LogP contribution in [0.15, 0.2) is 58.6 Å². The number of aliphatic imine (C=N–C) groups is 1. The third kappa shape index (κ3) is 3.48. The minimum Gasteiger partial charge on any atom is -0.287 e. The molecule has 1 aromatic carbocycles. The van der Waals surface area contributed by atoms with Gasteiger partial charge in [-0.25, -0.2) is 14.4 Å². The molecule has 4 nitrogen and oxygen atoms in total. The maximum absolute atomic E-state index is 13.3. The van der Waals surface area contributed by atoms with E-state index < -0.39 is 0 Å². The monoisotopic (exact) mass is 327 g/mol. The fourth-order valence-electron chi connectivity index (χ4n) is 2.14. The first kappa shape index (κ1) is 15.4. The number of amides is 1. The van der Waals surface area contributed by atoms with Crippen LogP contribution < -0.4 is 0 Å². The van der Waals surface area contributed by atoms with Crippen LogP contribution in [0.3, 0.4) is 0 Å². The van der Waals surface area contributed by atoms with E-state index in [2.05, 4.69) is 9.98 Å². The van der Waals surface area contributed by atoms with Gasteiger partial charge < -0.3 is 0 Å². The molecule has 1 fully saturated rings. The van der Waals surface area contributed by atoms with Crippen LogP contribution in [-0.2, 0) is 4.79 Å². The zero-order valence-electron chi connectivity index (χ0n) is 12.4. The molecule has 0 bridgehead atoms. The second-order valence-corrected chi connectivity index (χ2v) is 5.81. The number of likely N-dealkylation sites (N-methyl/N-ethyl adjacent to an activating group) is 1. The molecule has 1 amide bonds. The van der Waals surface area contributed by atoms with Gasteiger partial charge in [0.2, 0.25) is 0 Å². The van der Waals surface area contributed by atoms with Gasteiger partial charge in [-0.1, -0.05) is 18.2 Å². The van der Waals surface area contributed by atoms with Crippen molar-refractivity contribution in [1.29, 1.82) is 0 Å². The van der Waals surface area contributed by atoms with Crippen molar-refractivity contribution in [3.63, 3.8) is 0 Å². The molecule has 1 aromatic heterocycles. The predicted molar refractivity (Wildman–Crippen MR) is 90.7 cm³/mol. The van der Waals surface area contributed by atoms with E-state index >= 15 is 0 Å². The Hall–Kier alpha value is -2.47. The molecule has 1 saturated heterocycles. The van der Waals surface area contributed by atoms with E-state index in [-0.39, 0.29) is 11.7 Å². The van der Waals surface area contributed by atoms with Crippen molar-refractivity contribution in [1.82, 2.24) is 9.88 Å².